The molecule has 0 saturated heterocycles. The summed E-state index contributed by atoms with van der Waals surface area (Å²) in [6.07, 6.45) is 3.26. The molecule has 3 heteroatoms. The molecule has 160 valence electrons. The zero-order chi connectivity index (χ0) is 21.6. The minimum atomic E-state index is -0.112. The standard InChI is InChI=1S/C17H26O3.C9H12/c1-13(2)5-4-12-20-17(19)11-6-14(3)15-7-9-16(18)10-8-15;1-8(2)9-6-4-3-5-7-9/h7-10,13-14,18H,4-6,11-12H2,1-3H3;3-8H,1-2H3. The molecule has 2 aromatic carbocycles. The molecular formula is C26H38O3. The van der Waals surface area contributed by atoms with Gasteiger partial charge in [-0.25, -0.2) is 0 Å². The molecule has 2 aromatic rings. The smallest absolute Gasteiger partial charge is 0.305 e. The van der Waals surface area contributed by atoms with Crippen LogP contribution in [0.4, 0.5) is 0 Å². The van der Waals surface area contributed by atoms with E-state index in [-0.39, 0.29) is 11.7 Å². The predicted octanol–water partition coefficient (Wildman–Crippen LogP) is 7.07. The molecule has 1 N–H and O–H groups in total. The Hall–Kier alpha value is -2.29. The van der Waals surface area contributed by atoms with Crippen LogP contribution in [0.2, 0.25) is 0 Å². The second-order valence-electron chi connectivity index (χ2n) is 8.35. The number of hydrogen-bond donors (Lipinski definition) is 1. The summed E-state index contributed by atoms with van der Waals surface area (Å²) in [7, 11) is 0. The van der Waals surface area contributed by atoms with Gasteiger partial charge in [0, 0.05) is 6.42 Å². The van der Waals surface area contributed by atoms with Gasteiger partial charge in [-0.3, -0.25) is 4.79 Å². The van der Waals surface area contributed by atoms with Gasteiger partial charge in [0.2, 0.25) is 0 Å². The molecule has 0 bridgehead atoms. The van der Waals surface area contributed by atoms with Gasteiger partial charge in [0.15, 0.2) is 0 Å². The lowest BCUT2D eigenvalue weighted by Crippen LogP contribution is -2.08. The summed E-state index contributed by atoms with van der Waals surface area (Å²) in [5.41, 5.74) is 2.55. The number of esters is 1. The average molecular weight is 399 g/mol. The fourth-order valence-corrected chi connectivity index (χ4v) is 2.89. The summed E-state index contributed by atoms with van der Waals surface area (Å²) >= 11 is 0. The second kappa shape index (κ2) is 13.8. The number of hydrogen-bond acceptors (Lipinski definition) is 3. The summed E-state index contributed by atoms with van der Waals surface area (Å²) < 4.78 is 5.22. The number of carbonyl (C=O) groups excluding carboxylic acids is 1. The molecule has 0 spiro atoms. The Labute approximate surface area is 177 Å². The van der Waals surface area contributed by atoms with Crippen LogP contribution in [0.15, 0.2) is 54.6 Å². The van der Waals surface area contributed by atoms with Crippen molar-refractivity contribution < 1.29 is 14.6 Å². The van der Waals surface area contributed by atoms with Crippen LogP contribution in [0.3, 0.4) is 0 Å². The Morgan fingerprint density at radius 1 is 0.862 bits per heavy atom. The average Bonchev–Trinajstić information content (AvgIpc) is 2.71. The zero-order valence-electron chi connectivity index (χ0n) is 18.7. The van der Waals surface area contributed by atoms with E-state index in [1.165, 1.54) is 5.56 Å². The fourth-order valence-electron chi connectivity index (χ4n) is 2.89. The van der Waals surface area contributed by atoms with Crippen molar-refractivity contribution in [3.8, 4) is 5.75 Å². The highest BCUT2D eigenvalue weighted by molar-refractivity contribution is 5.69. The molecule has 0 fully saturated rings. The molecule has 0 aliphatic rings. The topological polar surface area (TPSA) is 46.5 Å². The maximum atomic E-state index is 11.6. The Morgan fingerprint density at radius 2 is 1.48 bits per heavy atom. The monoisotopic (exact) mass is 398 g/mol. The molecule has 3 nitrogen and oxygen atoms in total. The molecule has 0 aromatic heterocycles. The summed E-state index contributed by atoms with van der Waals surface area (Å²) in [5.74, 6) is 1.76. The van der Waals surface area contributed by atoms with Gasteiger partial charge in [-0.2, -0.15) is 0 Å². The summed E-state index contributed by atoms with van der Waals surface area (Å²) in [5, 5.41) is 9.24. The molecule has 1 atom stereocenters. The van der Waals surface area contributed by atoms with Crippen LogP contribution in [-0.4, -0.2) is 17.7 Å². The lowest BCUT2D eigenvalue weighted by Gasteiger charge is -2.12. The third kappa shape index (κ3) is 11.3. The van der Waals surface area contributed by atoms with E-state index < -0.39 is 0 Å². The van der Waals surface area contributed by atoms with Crippen LogP contribution in [0, 0.1) is 5.92 Å². The number of phenols is 1. The first-order chi connectivity index (χ1) is 13.8. The van der Waals surface area contributed by atoms with Crippen molar-refractivity contribution in [2.75, 3.05) is 6.61 Å². The summed E-state index contributed by atoms with van der Waals surface area (Å²) in [4.78, 5) is 11.6. The normalized spacial score (nSPS) is 11.7. The lowest BCUT2D eigenvalue weighted by atomic mass is 9.96. The second-order valence-corrected chi connectivity index (χ2v) is 8.35. The molecule has 0 aliphatic carbocycles. The summed E-state index contributed by atoms with van der Waals surface area (Å²) in [6.45, 7) is 11.4. The van der Waals surface area contributed by atoms with Crippen LogP contribution in [0.25, 0.3) is 0 Å². The van der Waals surface area contributed by atoms with Crippen LogP contribution in [0.1, 0.15) is 83.3 Å². The molecule has 0 amide bonds. The molecule has 0 radical (unpaired) electrons. The Kier molecular flexibility index (Phi) is 11.8. The van der Waals surface area contributed by atoms with Gasteiger partial charge < -0.3 is 9.84 Å². The van der Waals surface area contributed by atoms with Crippen molar-refractivity contribution in [2.45, 2.75) is 72.1 Å². The Morgan fingerprint density at radius 3 is 2.00 bits per heavy atom. The van der Waals surface area contributed by atoms with Crippen molar-refractivity contribution in [2.24, 2.45) is 5.92 Å². The first kappa shape index (κ1) is 24.7. The van der Waals surface area contributed by atoms with Crippen molar-refractivity contribution >= 4 is 5.97 Å². The first-order valence-corrected chi connectivity index (χ1v) is 10.8. The van der Waals surface area contributed by atoms with Gasteiger partial charge in [0.25, 0.3) is 0 Å². The van der Waals surface area contributed by atoms with E-state index in [9.17, 15) is 9.90 Å². The van der Waals surface area contributed by atoms with Crippen molar-refractivity contribution in [3.63, 3.8) is 0 Å². The maximum absolute atomic E-state index is 11.6. The number of carbonyl (C=O) groups is 1. The Balaban J connectivity index is 0.000000387. The van der Waals surface area contributed by atoms with E-state index in [0.29, 0.717) is 30.8 Å². The fraction of sp³-hybridized carbons (Fsp3) is 0.500. The highest BCUT2D eigenvalue weighted by atomic mass is 16.5. The SMILES string of the molecule is CC(C)CCCOC(=O)CCC(C)c1ccc(O)cc1.CC(C)c1ccccc1. The van der Waals surface area contributed by atoms with Crippen LogP contribution < -0.4 is 0 Å². The molecular weight excluding hydrogens is 360 g/mol. The minimum absolute atomic E-state index is 0.112. The van der Waals surface area contributed by atoms with Gasteiger partial charge in [-0.05, 0) is 60.3 Å². The van der Waals surface area contributed by atoms with E-state index in [4.69, 9.17) is 4.74 Å². The van der Waals surface area contributed by atoms with Crippen molar-refractivity contribution in [1.82, 2.24) is 0 Å². The zero-order valence-corrected chi connectivity index (χ0v) is 18.7. The molecule has 29 heavy (non-hydrogen) atoms. The highest BCUT2D eigenvalue weighted by Crippen LogP contribution is 2.22. The molecule has 0 aliphatic heterocycles. The van der Waals surface area contributed by atoms with E-state index >= 15 is 0 Å². The van der Waals surface area contributed by atoms with Crippen molar-refractivity contribution in [1.29, 1.82) is 0 Å². The van der Waals surface area contributed by atoms with E-state index in [1.54, 1.807) is 12.1 Å². The Bertz CT molecular complexity index is 675. The third-order valence-electron chi connectivity index (χ3n) is 4.90. The van der Waals surface area contributed by atoms with Crippen LogP contribution >= 0.6 is 0 Å². The third-order valence-corrected chi connectivity index (χ3v) is 4.90. The number of ether oxygens (including phenoxy) is 1. The molecule has 1 unspecified atom stereocenters. The van der Waals surface area contributed by atoms with Crippen LogP contribution in [0.5, 0.6) is 5.75 Å². The molecule has 2 rings (SSSR count). The van der Waals surface area contributed by atoms with E-state index in [0.717, 1.165) is 24.8 Å². The first-order valence-electron chi connectivity index (χ1n) is 10.8. The van der Waals surface area contributed by atoms with E-state index in [2.05, 4.69) is 58.9 Å². The van der Waals surface area contributed by atoms with E-state index in [1.807, 2.05) is 18.2 Å². The quantitative estimate of drug-likeness (QED) is 0.363. The van der Waals surface area contributed by atoms with Gasteiger partial charge in [0.1, 0.15) is 5.75 Å². The van der Waals surface area contributed by atoms with Gasteiger partial charge in [-0.1, -0.05) is 77.1 Å². The van der Waals surface area contributed by atoms with Crippen molar-refractivity contribution in [3.05, 3.63) is 65.7 Å². The maximum Gasteiger partial charge on any atom is 0.305 e. The van der Waals surface area contributed by atoms with Gasteiger partial charge in [-0.15, -0.1) is 0 Å². The number of aromatic hydroxyl groups is 1. The number of phenolic OH excluding ortho intramolecular Hbond substituents is 1. The number of benzene rings is 2. The minimum Gasteiger partial charge on any atom is -0.508 e. The summed E-state index contributed by atoms with van der Waals surface area (Å²) in [6, 6.07) is 17.7. The highest BCUT2D eigenvalue weighted by Gasteiger charge is 2.10. The molecule has 0 heterocycles. The van der Waals surface area contributed by atoms with Gasteiger partial charge >= 0.3 is 5.97 Å². The molecule has 0 saturated carbocycles. The van der Waals surface area contributed by atoms with Crippen LogP contribution in [-0.2, 0) is 9.53 Å². The number of rotatable bonds is 9. The lowest BCUT2D eigenvalue weighted by molar-refractivity contribution is -0.144. The van der Waals surface area contributed by atoms with Gasteiger partial charge in [0.05, 0.1) is 6.61 Å². The predicted molar refractivity (Wildman–Crippen MR) is 121 cm³/mol. The largest absolute Gasteiger partial charge is 0.508 e.